The van der Waals surface area contributed by atoms with E-state index in [2.05, 4.69) is 38.6 Å². The van der Waals surface area contributed by atoms with Gasteiger partial charge in [0.15, 0.2) is 8.32 Å². The van der Waals surface area contributed by atoms with Gasteiger partial charge in [-0.25, -0.2) is 4.98 Å². The molecule has 0 aliphatic heterocycles. The minimum absolute atomic E-state index is 0.0545. The van der Waals surface area contributed by atoms with Crippen molar-refractivity contribution in [3.05, 3.63) is 39.4 Å². The SMILES string of the molecule is CCc1nc2c([C@@H](CO[Si](C)(C)C(C)(C)C)N[S+]([O-])C(C)(C)C)cc(C)cc2c(=O)n1C. The summed E-state index contributed by atoms with van der Waals surface area (Å²) in [5, 5.41) is 0.638. The van der Waals surface area contributed by atoms with Crippen LogP contribution < -0.4 is 10.3 Å². The first kappa shape index (κ1) is 27.1. The van der Waals surface area contributed by atoms with E-state index in [0.29, 0.717) is 23.9 Å². The van der Waals surface area contributed by atoms with Crippen LogP contribution in [0.3, 0.4) is 0 Å². The summed E-state index contributed by atoms with van der Waals surface area (Å²) in [5.74, 6) is 0.730. The van der Waals surface area contributed by atoms with E-state index in [1.165, 1.54) is 0 Å². The van der Waals surface area contributed by atoms with Crippen LogP contribution in [0.4, 0.5) is 0 Å². The van der Waals surface area contributed by atoms with Gasteiger partial charge < -0.3 is 8.98 Å². The fourth-order valence-electron chi connectivity index (χ4n) is 3.18. The molecule has 2 aromatic rings. The Labute approximate surface area is 197 Å². The highest BCUT2D eigenvalue weighted by Crippen LogP contribution is 2.37. The Morgan fingerprint density at radius 3 is 2.31 bits per heavy atom. The predicted octanol–water partition coefficient (Wildman–Crippen LogP) is 4.92. The number of fused-ring (bicyclic) bond motifs is 1. The molecule has 32 heavy (non-hydrogen) atoms. The van der Waals surface area contributed by atoms with E-state index < -0.39 is 24.4 Å². The van der Waals surface area contributed by atoms with E-state index in [0.717, 1.165) is 17.0 Å². The second-order valence-electron chi connectivity index (χ2n) is 11.1. The molecule has 0 amide bonds. The van der Waals surface area contributed by atoms with Crippen LogP contribution in [0.1, 0.15) is 71.5 Å². The minimum Gasteiger partial charge on any atom is -0.598 e. The molecule has 2 rings (SSSR count). The van der Waals surface area contributed by atoms with Gasteiger partial charge in [0.05, 0.1) is 17.5 Å². The van der Waals surface area contributed by atoms with Gasteiger partial charge in [-0.1, -0.05) is 33.8 Å². The highest BCUT2D eigenvalue weighted by atomic mass is 32.2. The van der Waals surface area contributed by atoms with E-state index in [4.69, 9.17) is 9.41 Å². The van der Waals surface area contributed by atoms with Crippen LogP contribution in [0.15, 0.2) is 16.9 Å². The zero-order valence-corrected chi connectivity index (χ0v) is 23.5. The molecular weight excluding hydrogens is 438 g/mol. The Morgan fingerprint density at radius 1 is 1.22 bits per heavy atom. The van der Waals surface area contributed by atoms with Gasteiger partial charge in [-0.3, -0.25) is 9.36 Å². The molecule has 0 saturated carbocycles. The third-order valence-electron chi connectivity index (χ3n) is 6.36. The molecule has 1 unspecified atom stereocenters. The van der Waals surface area contributed by atoms with Crippen LogP contribution in [0.25, 0.3) is 10.9 Å². The molecule has 0 saturated heterocycles. The highest BCUT2D eigenvalue weighted by Gasteiger charge is 2.39. The van der Waals surface area contributed by atoms with Crippen LogP contribution in [0.5, 0.6) is 0 Å². The average molecular weight is 480 g/mol. The third-order valence-corrected chi connectivity index (χ3v) is 12.5. The number of benzene rings is 1. The molecule has 0 aliphatic rings. The van der Waals surface area contributed by atoms with Crippen molar-refractivity contribution < 1.29 is 8.98 Å². The number of aromatic nitrogens is 2. The Balaban J connectivity index is 2.66. The molecule has 1 aromatic carbocycles. The van der Waals surface area contributed by atoms with Crippen LogP contribution in [0.2, 0.25) is 18.1 Å². The van der Waals surface area contributed by atoms with E-state index >= 15 is 0 Å². The predicted molar refractivity (Wildman–Crippen MR) is 138 cm³/mol. The van der Waals surface area contributed by atoms with Crippen molar-refractivity contribution >= 4 is 30.6 Å². The maximum Gasteiger partial charge on any atom is 0.261 e. The summed E-state index contributed by atoms with van der Waals surface area (Å²) < 4.78 is 24.1. The summed E-state index contributed by atoms with van der Waals surface area (Å²) in [6.07, 6.45) is 0.654. The van der Waals surface area contributed by atoms with E-state index in [1.54, 1.807) is 11.6 Å². The lowest BCUT2D eigenvalue weighted by Crippen LogP contribution is -2.46. The molecule has 0 spiro atoms. The lowest BCUT2D eigenvalue weighted by molar-refractivity contribution is 0.256. The lowest BCUT2D eigenvalue weighted by Gasteiger charge is -2.38. The Kier molecular flexibility index (Phi) is 8.10. The lowest BCUT2D eigenvalue weighted by atomic mass is 10.0. The number of aryl methyl sites for hydroxylation is 2. The quantitative estimate of drug-likeness (QED) is 0.450. The van der Waals surface area contributed by atoms with Gasteiger partial charge in [-0.05, 0) is 57.5 Å². The standard InChI is InChI=1S/C24H41N3O3SSi/c1-12-20-25-21-17(13-16(2)14-18(21)22(28)27(20)9)19(26-31(29)23(3,4)5)15-30-32(10,11)24(6,7)8/h13-14,19,26H,12,15H2,1-11H3/t19-,31?/m1/s1. The number of hydrogen-bond donors (Lipinski definition) is 1. The average Bonchev–Trinajstić information content (AvgIpc) is 2.65. The minimum atomic E-state index is -2.04. The first-order valence-electron chi connectivity index (χ1n) is 11.3. The van der Waals surface area contributed by atoms with Crippen molar-refractivity contribution in [3.8, 4) is 0 Å². The van der Waals surface area contributed by atoms with Crippen LogP contribution in [0, 0.1) is 6.92 Å². The largest absolute Gasteiger partial charge is 0.598 e. The van der Waals surface area contributed by atoms with Gasteiger partial charge in [0.1, 0.15) is 16.6 Å². The second-order valence-corrected chi connectivity index (χ2v) is 17.9. The van der Waals surface area contributed by atoms with E-state index in [9.17, 15) is 9.35 Å². The van der Waals surface area contributed by atoms with Gasteiger partial charge in [0, 0.05) is 30.4 Å². The molecule has 1 heterocycles. The Bertz CT molecular complexity index is 1020. The summed E-state index contributed by atoms with van der Waals surface area (Å²) >= 11 is -1.31. The Morgan fingerprint density at radius 2 is 1.81 bits per heavy atom. The summed E-state index contributed by atoms with van der Waals surface area (Å²) in [7, 11) is -0.277. The fraction of sp³-hybridized carbons (Fsp3) is 0.667. The first-order valence-corrected chi connectivity index (χ1v) is 15.4. The molecule has 0 fully saturated rings. The molecule has 1 N–H and O–H groups in total. The Hall–Kier alpha value is -1.19. The summed E-state index contributed by atoms with van der Waals surface area (Å²) in [4.78, 5) is 17.9. The molecule has 8 heteroatoms. The second kappa shape index (κ2) is 9.58. The molecule has 2 atom stereocenters. The zero-order valence-electron chi connectivity index (χ0n) is 21.7. The van der Waals surface area contributed by atoms with Crippen LogP contribution >= 0.6 is 0 Å². The zero-order chi connectivity index (χ0) is 24.6. The summed E-state index contributed by atoms with van der Waals surface area (Å²) in [6, 6.07) is 3.58. The normalized spacial score (nSPS) is 15.2. The van der Waals surface area contributed by atoms with Gasteiger partial charge in [0.25, 0.3) is 5.56 Å². The molecule has 1 aromatic heterocycles. The summed E-state index contributed by atoms with van der Waals surface area (Å²) in [6.45, 7) is 21.2. The molecular formula is C24H41N3O3SSi. The van der Waals surface area contributed by atoms with Crippen molar-refractivity contribution in [1.82, 2.24) is 14.3 Å². The fourth-order valence-corrected chi connectivity index (χ4v) is 5.00. The van der Waals surface area contributed by atoms with Crippen molar-refractivity contribution in [2.45, 2.75) is 90.7 Å². The van der Waals surface area contributed by atoms with Crippen LogP contribution in [-0.2, 0) is 29.3 Å². The molecule has 0 radical (unpaired) electrons. The monoisotopic (exact) mass is 479 g/mol. The van der Waals surface area contributed by atoms with Gasteiger partial charge >= 0.3 is 0 Å². The van der Waals surface area contributed by atoms with Crippen molar-refractivity contribution in [1.29, 1.82) is 0 Å². The topological polar surface area (TPSA) is 79.2 Å². The smallest absolute Gasteiger partial charge is 0.261 e. The molecule has 0 aliphatic carbocycles. The van der Waals surface area contributed by atoms with Crippen LogP contribution in [-0.4, -0.2) is 33.8 Å². The third kappa shape index (κ3) is 5.83. The highest BCUT2D eigenvalue weighted by molar-refractivity contribution is 7.90. The number of rotatable bonds is 7. The van der Waals surface area contributed by atoms with E-state index in [-0.39, 0.29) is 16.6 Å². The van der Waals surface area contributed by atoms with Crippen molar-refractivity contribution in [2.24, 2.45) is 7.05 Å². The molecule has 0 bridgehead atoms. The van der Waals surface area contributed by atoms with Gasteiger partial charge in [-0.15, -0.1) is 4.72 Å². The summed E-state index contributed by atoms with van der Waals surface area (Å²) in [5.41, 5.74) is 2.44. The molecule has 6 nitrogen and oxygen atoms in total. The van der Waals surface area contributed by atoms with Gasteiger partial charge in [0.2, 0.25) is 0 Å². The number of nitrogens with zero attached hydrogens (tertiary/aromatic N) is 2. The first-order chi connectivity index (χ1) is 14.5. The van der Waals surface area contributed by atoms with Crippen molar-refractivity contribution in [2.75, 3.05) is 6.61 Å². The molecule has 180 valence electrons. The van der Waals surface area contributed by atoms with Gasteiger partial charge in [-0.2, -0.15) is 0 Å². The van der Waals surface area contributed by atoms with Crippen molar-refractivity contribution in [3.63, 3.8) is 0 Å². The van der Waals surface area contributed by atoms with E-state index in [1.807, 2.05) is 46.8 Å². The maximum absolute atomic E-state index is 13.1. The number of nitrogens with one attached hydrogen (secondary N) is 1. The maximum atomic E-state index is 13.1. The number of hydrogen-bond acceptors (Lipinski definition) is 5.